The van der Waals surface area contributed by atoms with Crippen molar-refractivity contribution in [2.24, 2.45) is 0 Å². The van der Waals surface area contributed by atoms with Crippen molar-refractivity contribution < 1.29 is 19.4 Å². The smallest absolute Gasteiger partial charge is 0.309 e. The van der Waals surface area contributed by atoms with E-state index >= 15 is 0 Å². The summed E-state index contributed by atoms with van der Waals surface area (Å²) >= 11 is 0. The molecule has 1 rings (SSSR count). The highest BCUT2D eigenvalue weighted by atomic mass is 16.5. The molecule has 1 aromatic heterocycles. The predicted octanol–water partition coefficient (Wildman–Crippen LogP) is 1.07. The van der Waals surface area contributed by atoms with Crippen LogP contribution in [-0.4, -0.2) is 34.7 Å². The van der Waals surface area contributed by atoms with Crippen molar-refractivity contribution in [2.75, 3.05) is 11.9 Å². The number of aromatic nitrogens is 1. The van der Waals surface area contributed by atoms with Crippen molar-refractivity contribution in [3.8, 4) is 0 Å². The van der Waals surface area contributed by atoms with Crippen molar-refractivity contribution in [1.29, 1.82) is 0 Å². The number of amides is 1. The van der Waals surface area contributed by atoms with Gasteiger partial charge >= 0.3 is 5.97 Å². The molecule has 0 saturated carbocycles. The Morgan fingerprint density at radius 3 is 2.67 bits per heavy atom. The maximum Gasteiger partial charge on any atom is 0.309 e. The number of nitrogens with zero attached hydrogens (tertiary/aromatic N) is 1. The van der Waals surface area contributed by atoms with E-state index in [0.29, 0.717) is 11.4 Å². The van der Waals surface area contributed by atoms with Gasteiger partial charge in [-0.1, -0.05) is 0 Å². The molecule has 0 radical (unpaired) electrons. The molecule has 98 valence electrons. The minimum atomic E-state index is -0.940. The molecule has 0 aliphatic rings. The molecule has 1 heterocycles. The van der Waals surface area contributed by atoms with Gasteiger partial charge in [-0.05, 0) is 26.0 Å². The number of pyridine rings is 1. The third-order valence-corrected chi connectivity index (χ3v) is 1.99. The number of hydrogen-bond donors (Lipinski definition) is 2. The Labute approximate surface area is 105 Å². The fourth-order valence-electron chi connectivity index (χ4n) is 1.20. The molecule has 0 fully saturated rings. The summed E-state index contributed by atoms with van der Waals surface area (Å²) in [5, 5.41) is 11.2. The summed E-state index contributed by atoms with van der Waals surface area (Å²) in [4.78, 5) is 25.8. The van der Waals surface area contributed by atoms with Gasteiger partial charge in [-0.25, -0.2) is 0 Å². The number of carbonyl (C=O) groups is 2. The van der Waals surface area contributed by atoms with Gasteiger partial charge in [0.1, 0.15) is 6.61 Å². The second-order valence-corrected chi connectivity index (χ2v) is 4.02. The molecule has 6 heteroatoms. The Kier molecular flexibility index (Phi) is 5.26. The number of carboxylic acid groups (broad SMARTS) is 1. The van der Waals surface area contributed by atoms with Gasteiger partial charge in [0.25, 0.3) is 0 Å². The van der Waals surface area contributed by atoms with E-state index in [1.165, 1.54) is 6.20 Å². The maximum absolute atomic E-state index is 11.4. The number of aliphatic carboxylic acids is 1. The van der Waals surface area contributed by atoms with Crippen LogP contribution in [0.15, 0.2) is 18.3 Å². The van der Waals surface area contributed by atoms with Crippen LogP contribution in [0.25, 0.3) is 0 Å². The Morgan fingerprint density at radius 1 is 1.44 bits per heavy atom. The topological polar surface area (TPSA) is 88.5 Å². The van der Waals surface area contributed by atoms with Crippen LogP contribution in [0.3, 0.4) is 0 Å². The third-order valence-electron chi connectivity index (χ3n) is 1.99. The normalized spacial score (nSPS) is 10.4. The lowest BCUT2D eigenvalue weighted by Crippen LogP contribution is -2.20. The first kappa shape index (κ1) is 14.1. The number of ether oxygens (including phenoxy) is 1. The molecule has 0 aliphatic carbocycles. The molecule has 1 aromatic rings. The van der Waals surface area contributed by atoms with Crippen LogP contribution < -0.4 is 5.32 Å². The van der Waals surface area contributed by atoms with Crippen LogP contribution in [0, 0.1) is 0 Å². The zero-order valence-electron chi connectivity index (χ0n) is 10.3. The second kappa shape index (κ2) is 6.70. The van der Waals surface area contributed by atoms with E-state index in [-0.39, 0.29) is 25.0 Å². The number of nitrogens with one attached hydrogen (secondary N) is 1. The number of anilines is 1. The zero-order valence-corrected chi connectivity index (χ0v) is 10.3. The van der Waals surface area contributed by atoms with Gasteiger partial charge in [-0.2, -0.15) is 0 Å². The summed E-state index contributed by atoms with van der Waals surface area (Å²) in [5.74, 6) is -1.21. The van der Waals surface area contributed by atoms with Crippen LogP contribution in [0.2, 0.25) is 0 Å². The van der Waals surface area contributed by atoms with Crippen LogP contribution in [-0.2, 0) is 20.7 Å². The van der Waals surface area contributed by atoms with E-state index in [2.05, 4.69) is 10.3 Å². The Hall–Kier alpha value is -1.95. The first-order chi connectivity index (χ1) is 8.47. The standard InChI is InChI=1S/C12H16N2O4/c1-8(2)18-7-11(15)14-10-4-3-9(13-6-10)5-12(16)17/h3-4,6,8H,5,7H2,1-2H3,(H,14,15)(H,16,17). The monoisotopic (exact) mass is 252 g/mol. The lowest BCUT2D eigenvalue weighted by molar-refractivity contribution is -0.136. The molecule has 0 aromatic carbocycles. The first-order valence-corrected chi connectivity index (χ1v) is 5.55. The molecule has 2 N–H and O–H groups in total. The summed E-state index contributed by atoms with van der Waals surface area (Å²) in [7, 11) is 0. The van der Waals surface area contributed by atoms with Gasteiger partial charge in [-0.3, -0.25) is 14.6 Å². The highest BCUT2D eigenvalue weighted by Crippen LogP contribution is 2.06. The van der Waals surface area contributed by atoms with Gasteiger partial charge in [0.05, 0.1) is 30.1 Å². The fraction of sp³-hybridized carbons (Fsp3) is 0.417. The van der Waals surface area contributed by atoms with Gasteiger partial charge in [0.2, 0.25) is 5.91 Å². The highest BCUT2D eigenvalue weighted by molar-refractivity contribution is 5.91. The average Bonchev–Trinajstić information content (AvgIpc) is 2.28. The van der Waals surface area contributed by atoms with Gasteiger partial charge < -0.3 is 15.2 Å². The minimum Gasteiger partial charge on any atom is -0.481 e. The molecular formula is C12H16N2O4. The van der Waals surface area contributed by atoms with Crippen molar-refractivity contribution in [1.82, 2.24) is 4.98 Å². The van der Waals surface area contributed by atoms with Crippen LogP contribution >= 0.6 is 0 Å². The summed E-state index contributed by atoms with van der Waals surface area (Å²) in [5.41, 5.74) is 0.959. The molecule has 1 amide bonds. The number of rotatable bonds is 6. The van der Waals surface area contributed by atoms with Crippen LogP contribution in [0.5, 0.6) is 0 Å². The van der Waals surface area contributed by atoms with Gasteiger partial charge in [-0.15, -0.1) is 0 Å². The molecular weight excluding hydrogens is 236 g/mol. The number of carbonyl (C=O) groups excluding carboxylic acids is 1. The van der Waals surface area contributed by atoms with E-state index in [1.54, 1.807) is 12.1 Å². The van der Waals surface area contributed by atoms with E-state index in [0.717, 1.165) is 0 Å². The fourth-order valence-corrected chi connectivity index (χ4v) is 1.20. The zero-order chi connectivity index (χ0) is 13.5. The largest absolute Gasteiger partial charge is 0.481 e. The Bertz CT molecular complexity index is 415. The van der Waals surface area contributed by atoms with E-state index in [9.17, 15) is 9.59 Å². The molecule has 0 atom stereocenters. The third kappa shape index (κ3) is 5.40. The summed E-state index contributed by atoms with van der Waals surface area (Å²) in [6.45, 7) is 3.67. The molecule has 0 aliphatic heterocycles. The molecule has 0 unspecified atom stereocenters. The maximum atomic E-state index is 11.4. The minimum absolute atomic E-state index is 0.00758. The van der Waals surface area contributed by atoms with Gasteiger partial charge in [0, 0.05) is 0 Å². The summed E-state index contributed by atoms with van der Waals surface area (Å²) in [6, 6.07) is 3.17. The Balaban J connectivity index is 2.48. The second-order valence-electron chi connectivity index (χ2n) is 4.02. The first-order valence-electron chi connectivity index (χ1n) is 5.55. The SMILES string of the molecule is CC(C)OCC(=O)Nc1ccc(CC(=O)O)nc1. The van der Waals surface area contributed by atoms with Gasteiger partial charge in [0.15, 0.2) is 0 Å². The van der Waals surface area contributed by atoms with Crippen LogP contribution in [0.4, 0.5) is 5.69 Å². The predicted molar refractivity (Wildman–Crippen MR) is 65.3 cm³/mol. The molecule has 0 spiro atoms. The quantitative estimate of drug-likeness (QED) is 0.790. The van der Waals surface area contributed by atoms with Crippen molar-refractivity contribution >= 4 is 17.6 Å². The molecule has 0 saturated heterocycles. The lowest BCUT2D eigenvalue weighted by atomic mass is 10.2. The van der Waals surface area contributed by atoms with Crippen LogP contribution in [0.1, 0.15) is 19.5 Å². The summed E-state index contributed by atoms with van der Waals surface area (Å²) in [6.07, 6.45) is 1.28. The Morgan fingerprint density at radius 2 is 2.17 bits per heavy atom. The van der Waals surface area contributed by atoms with Crippen molar-refractivity contribution in [3.05, 3.63) is 24.0 Å². The highest BCUT2D eigenvalue weighted by Gasteiger charge is 2.05. The van der Waals surface area contributed by atoms with Crippen molar-refractivity contribution in [3.63, 3.8) is 0 Å². The van der Waals surface area contributed by atoms with E-state index < -0.39 is 5.97 Å². The number of hydrogen-bond acceptors (Lipinski definition) is 4. The van der Waals surface area contributed by atoms with Crippen molar-refractivity contribution in [2.45, 2.75) is 26.4 Å². The molecule has 6 nitrogen and oxygen atoms in total. The number of carboxylic acids is 1. The van der Waals surface area contributed by atoms with E-state index in [1.807, 2.05) is 13.8 Å². The molecule has 18 heavy (non-hydrogen) atoms. The van der Waals surface area contributed by atoms with E-state index in [4.69, 9.17) is 9.84 Å². The lowest BCUT2D eigenvalue weighted by Gasteiger charge is -2.08. The average molecular weight is 252 g/mol. The molecule has 0 bridgehead atoms. The summed E-state index contributed by atoms with van der Waals surface area (Å²) < 4.78 is 5.14.